The van der Waals surface area contributed by atoms with E-state index in [9.17, 15) is 0 Å². The largest absolute Gasteiger partial charge is 0.326 e. The predicted octanol–water partition coefficient (Wildman–Crippen LogP) is 3.00. The van der Waals surface area contributed by atoms with Crippen molar-refractivity contribution < 1.29 is 0 Å². The number of hydrogen-bond donors (Lipinski definition) is 1. The molecule has 0 aliphatic heterocycles. The first-order valence-electron chi connectivity index (χ1n) is 5.17. The third-order valence-electron chi connectivity index (χ3n) is 2.25. The Morgan fingerprint density at radius 1 is 1.25 bits per heavy atom. The SMILES string of the molecule is Cc1cccc(Sc2cc(CN)ccn2)c1. The van der Waals surface area contributed by atoms with Crippen molar-refractivity contribution in [3.05, 3.63) is 53.7 Å². The smallest absolute Gasteiger partial charge is 0.101 e. The lowest BCUT2D eigenvalue weighted by Crippen LogP contribution is -1.96. The molecule has 0 saturated carbocycles. The highest BCUT2D eigenvalue weighted by molar-refractivity contribution is 7.99. The van der Waals surface area contributed by atoms with Crippen LogP contribution in [-0.2, 0) is 6.54 Å². The van der Waals surface area contributed by atoms with Crippen molar-refractivity contribution in [1.29, 1.82) is 0 Å². The molecule has 0 atom stereocenters. The molecule has 0 amide bonds. The van der Waals surface area contributed by atoms with Crippen molar-refractivity contribution in [2.24, 2.45) is 5.73 Å². The Kier molecular flexibility index (Phi) is 3.59. The maximum absolute atomic E-state index is 5.60. The number of aryl methyl sites for hydroxylation is 1. The fourth-order valence-electron chi connectivity index (χ4n) is 1.43. The first-order valence-corrected chi connectivity index (χ1v) is 5.99. The lowest BCUT2D eigenvalue weighted by atomic mass is 10.2. The van der Waals surface area contributed by atoms with Crippen LogP contribution in [0, 0.1) is 6.92 Å². The second-order valence-corrected chi connectivity index (χ2v) is 4.72. The van der Waals surface area contributed by atoms with Gasteiger partial charge in [-0.1, -0.05) is 29.5 Å². The van der Waals surface area contributed by atoms with Gasteiger partial charge in [0.25, 0.3) is 0 Å². The van der Waals surface area contributed by atoms with Gasteiger partial charge in [0.2, 0.25) is 0 Å². The molecule has 1 aromatic carbocycles. The Bertz CT molecular complexity index is 483. The molecule has 2 aromatic rings. The highest BCUT2D eigenvalue weighted by atomic mass is 32.2. The molecule has 2 N–H and O–H groups in total. The summed E-state index contributed by atoms with van der Waals surface area (Å²) in [4.78, 5) is 5.53. The molecular formula is C13H14N2S. The fourth-order valence-corrected chi connectivity index (χ4v) is 2.39. The fraction of sp³-hybridized carbons (Fsp3) is 0.154. The second kappa shape index (κ2) is 5.14. The summed E-state index contributed by atoms with van der Waals surface area (Å²) in [5, 5.41) is 0.994. The number of pyridine rings is 1. The standard InChI is InChI=1S/C13H14N2S/c1-10-3-2-4-12(7-10)16-13-8-11(9-14)5-6-15-13/h2-8H,9,14H2,1H3. The van der Waals surface area contributed by atoms with Gasteiger partial charge in [-0.15, -0.1) is 0 Å². The van der Waals surface area contributed by atoms with Gasteiger partial charge in [0.1, 0.15) is 5.03 Å². The van der Waals surface area contributed by atoms with Crippen LogP contribution in [0.4, 0.5) is 0 Å². The average Bonchev–Trinajstić information content (AvgIpc) is 2.29. The highest BCUT2D eigenvalue weighted by Gasteiger charge is 1.99. The van der Waals surface area contributed by atoms with Crippen LogP contribution in [0.5, 0.6) is 0 Å². The summed E-state index contributed by atoms with van der Waals surface area (Å²) >= 11 is 1.66. The van der Waals surface area contributed by atoms with Crippen LogP contribution >= 0.6 is 11.8 Å². The summed E-state index contributed by atoms with van der Waals surface area (Å²) in [6, 6.07) is 12.4. The van der Waals surface area contributed by atoms with E-state index in [1.54, 1.807) is 18.0 Å². The molecule has 0 radical (unpaired) electrons. The Morgan fingerprint density at radius 2 is 2.12 bits per heavy atom. The van der Waals surface area contributed by atoms with Gasteiger partial charge in [-0.05, 0) is 36.8 Å². The molecule has 16 heavy (non-hydrogen) atoms. The maximum Gasteiger partial charge on any atom is 0.101 e. The summed E-state index contributed by atoms with van der Waals surface area (Å²) < 4.78 is 0. The average molecular weight is 230 g/mol. The Morgan fingerprint density at radius 3 is 2.88 bits per heavy atom. The monoisotopic (exact) mass is 230 g/mol. The number of nitrogens with zero attached hydrogens (tertiary/aromatic N) is 1. The minimum Gasteiger partial charge on any atom is -0.326 e. The van der Waals surface area contributed by atoms with E-state index in [1.165, 1.54) is 10.5 Å². The topological polar surface area (TPSA) is 38.9 Å². The van der Waals surface area contributed by atoms with Crippen LogP contribution in [0.2, 0.25) is 0 Å². The van der Waals surface area contributed by atoms with Gasteiger partial charge in [0.05, 0.1) is 0 Å². The minimum atomic E-state index is 0.559. The molecule has 1 aromatic heterocycles. The van der Waals surface area contributed by atoms with E-state index in [2.05, 4.69) is 36.2 Å². The van der Waals surface area contributed by atoms with E-state index in [1.807, 2.05) is 12.1 Å². The summed E-state index contributed by atoms with van der Waals surface area (Å²) in [5.74, 6) is 0. The Labute approximate surface area is 99.9 Å². The summed E-state index contributed by atoms with van der Waals surface area (Å²) in [6.45, 7) is 2.65. The lowest BCUT2D eigenvalue weighted by Gasteiger charge is -2.03. The molecule has 1 heterocycles. The Balaban J connectivity index is 2.20. The molecule has 0 unspecified atom stereocenters. The number of nitrogens with two attached hydrogens (primary N) is 1. The zero-order valence-electron chi connectivity index (χ0n) is 9.18. The van der Waals surface area contributed by atoms with Crippen molar-refractivity contribution >= 4 is 11.8 Å². The molecule has 82 valence electrons. The molecule has 3 heteroatoms. The van der Waals surface area contributed by atoms with E-state index in [4.69, 9.17) is 5.73 Å². The van der Waals surface area contributed by atoms with E-state index < -0.39 is 0 Å². The third-order valence-corrected chi connectivity index (χ3v) is 3.17. The molecule has 2 rings (SSSR count). The van der Waals surface area contributed by atoms with Crippen molar-refractivity contribution in [3.63, 3.8) is 0 Å². The molecule has 0 bridgehead atoms. The van der Waals surface area contributed by atoms with Crippen molar-refractivity contribution in [3.8, 4) is 0 Å². The van der Waals surface area contributed by atoms with Crippen molar-refractivity contribution in [1.82, 2.24) is 4.98 Å². The van der Waals surface area contributed by atoms with Crippen molar-refractivity contribution in [2.75, 3.05) is 0 Å². The quantitative estimate of drug-likeness (QED) is 0.881. The number of benzene rings is 1. The molecule has 0 spiro atoms. The zero-order chi connectivity index (χ0) is 11.4. The maximum atomic E-state index is 5.60. The van der Waals surface area contributed by atoms with Gasteiger partial charge in [-0.3, -0.25) is 0 Å². The van der Waals surface area contributed by atoms with Crippen LogP contribution in [0.3, 0.4) is 0 Å². The molecule has 2 nitrogen and oxygen atoms in total. The van der Waals surface area contributed by atoms with Crippen molar-refractivity contribution in [2.45, 2.75) is 23.4 Å². The Hall–Kier alpha value is -1.32. The second-order valence-electron chi connectivity index (χ2n) is 3.63. The summed E-state index contributed by atoms with van der Waals surface area (Å²) in [7, 11) is 0. The molecule has 0 saturated heterocycles. The molecule has 0 fully saturated rings. The number of aromatic nitrogens is 1. The molecule has 0 aliphatic rings. The summed E-state index contributed by atoms with van der Waals surface area (Å²) in [5.41, 5.74) is 7.98. The van der Waals surface area contributed by atoms with Gasteiger partial charge in [0, 0.05) is 17.6 Å². The highest BCUT2D eigenvalue weighted by Crippen LogP contribution is 2.26. The van der Waals surface area contributed by atoms with Crippen LogP contribution in [0.25, 0.3) is 0 Å². The first-order chi connectivity index (χ1) is 7.78. The normalized spacial score (nSPS) is 10.4. The first kappa shape index (κ1) is 11.2. The van der Waals surface area contributed by atoms with E-state index in [-0.39, 0.29) is 0 Å². The third kappa shape index (κ3) is 2.84. The van der Waals surface area contributed by atoms with Crippen LogP contribution in [0.1, 0.15) is 11.1 Å². The zero-order valence-corrected chi connectivity index (χ0v) is 10.00. The van der Waals surface area contributed by atoms with Gasteiger partial charge < -0.3 is 5.73 Å². The van der Waals surface area contributed by atoms with E-state index in [0.29, 0.717) is 6.54 Å². The van der Waals surface area contributed by atoms with Crippen LogP contribution in [0.15, 0.2) is 52.5 Å². The molecule has 0 aliphatic carbocycles. The summed E-state index contributed by atoms with van der Waals surface area (Å²) in [6.07, 6.45) is 1.81. The lowest BCUT2D eigenvalue weighted by molar-refractivity contribution is 1.02. The number of rotatable bonds is 3. The minimum absolute atomic E-state index is 0.559. The number of hydrogen-bond acceptors (Lipinski definition) is 3. The van der Waals surface area contributed by atoms with Crippen LogP contribution < -0.4 is 5.73 Å². The van der Waals surface area contributed by atoms with E-state index >= 15 is 0 Å². The molecular weight excluding hydrogens is 216 g/mol. The van der Waals surface area contributed by atoms with Crippen LogP contribution in [-0.4, -0.2) is 4.98 Å². The predicted molar refractivity (Wildman–Crippen MR) is 67.4 cm³/mol. The van der Waals surface area contributed by atoms with Gasteiger partial charge >= 0.3 is 0 Å². The van der Waals surface area contributed by atoms with Gasteiger partial charge in [-0.25, -0.2) is 4.98 Å². The van der Waals surface area contributed by atoms with Gasteiger partial charge in [0.15, 0.2) is 0 Å². The van der Waals surface area contributed by atoms with E-state index in [0.717, 1.165) is 10.6 Å². The van der Waals surface area contributed by atoms with Gasteiger partial charge in [-0.2, -0.15) is 0 Å².